The molecular formula is C67H92N2O34. The second-order valence-corrected chi connectivity index (χ2v) is 28.5. The maximum atomic E-state index is 12.2. The summed E-state index contributed by atoms with van der Waals surface area (Å²) in [6.45, 7) is 2.06. The second-order valence-electron chi connectivity index (χ2n) is 28.5. The van der Waals surface area contributed by atoms with Crippen LogP contribution in [0.15, 0.2) is 61.0 Å². The van der Waals surface area contributed by atoms with Crippen LogP contribution >= 0.6 is 0 Å². The van der Waals surface area contributed by atoms with Gasteiger partial charge in [0, 0.05) is 29.7 Å². The molecule has 36 heteroatoms. The fourth-order valence-electron chi connectivity index (χ4n) is 14.7. The van der Waals surface area contributed by atoms with Gasteiger partial charge in [0.25, 0.3) is 0 Å². The van der Waals surface area contributed by atoms with Crippen molar-refractivity contribution in [1.82, 2.24) is 0 Å². The van der Waals surface area contributed by atoms with E-state index in [1.165, 1.54) is 0 Å². The molecule has 0 saturated carbocycles. The van der Waals surface area contributed by atoms with Gasteiger partial charge in [-0.1, -0.05) is 64.1 Å². The molecule has 2 aromatic carbocycles. The molecule has 21 fully saturated rings. The van der Waals surface area contributed by atoms with Gasteiger partial charge in [0.05, 0.1) is 63.1 Å². The molecule has 20 N–H and O–H groups in total. The minimum atomic E-state index is -2.24. The average Bonchev–Trinajstić information content (AvgIpc) is 0.737. The number of nitrogens with zero attached hydrogens (tertiary/aromatic N) is 2. The lowest BCUT2D eigenvalue weighted by Crippen LogP contribution is -2.68. The van der Waals surface area contributed by atoms with Crippen LogP contribution in [0.4, 0.5) is 5.69 Å². The standard InChI is InChI=1S/C67H92N2O34/c1-66(2)9-11-69-12-10-67(3,4)29-15-25(14-28(66)37(29)69)13-27(17-68)26-7-5-24(6-8-26)16-30-52-38(76)45(83)59(90-30)98-53-31(18-70)92-61(47(85)40(53)78)100-55-33(20-72)94-63(49(87)42(55)80)102-57-35(22-74)96-65(51(89)44(57)82)103-58-36(23-75)95-64(50(88)43(58)81)101-56-34(21-73)93-62(48(86)41(56)79)99-54-32(19-71)91-60(97-52)46(84)39(54)77/h5-15,30-36,38-65,70-89H,16,18-23H2,1-4H3. The van der Waals surface area contributed by atoms with Gasteiger partial charge in [0.1, 0.15) is 165 Å². The number of allylic oxidation sites excluding steroid dienone is 3. The van der Waals surface area contributed by atoms with E-state index in [1.807, 2.05) is 24.5 Å². The molecule has 36 nitrogen and oxygen atoms in total. The largest absolute Gasteiger partial charge is 0.394 e. The molecule has 35 atom stereocenters. The highest BCUT2D eigenvalue weighted by atomic mass is 16.8. The predicted molar refractivity (Wildman–Crippen MR) is 338 cm³/mol. The highest BCUT2D eigenvalue weighted by Crippen LogP contribution is 2.49. The summed E-state index contributed by atoms with van der Waals surface area (Å²) in [6.07, 6.45) is -61.0. The van der Waals surface area contributed by atoms with Crippen molar-refractivity contribution >= 4 is 17.3 Å². The van der Waals surface area contributed by atoms with Crippen molar-refractivity contribution in [3.63, 3.8) is 0 Å². The Morgan fingerprint density at radius 1 is 0.369 bits per heavy atom. The van der Waals surface area contributed by atoms with Gasteiger partial charge in [0.2, 0.25) is 0 Å². The van der Waals surface area contributed by atoms with Gasteiger partial charge in [-0.3, -0.25) is 0 Å². The number of nitriles is 1. The van der Waals surface area contributed by atoms with Crippen LogP contribution in [-0.2, 0) is 83.6 Å². The first kappa shape index (κ1) is 78.2. The molecule has 23 aliphatic rings. The zero-order chi connectivity index (χ0) is 74.2. The van der Waals surface area contributed by atoms with Crippen LogP contribution in [-0.4, -0.2) is 357 Å². The van der Waals surface area contributed by atoms with Gasteiger partial charge >= 0.3 is 0 Å². The van der Waals surface area contributed by atoms with Crippen molar-refractivity contribution in [3.8, 4) is 6.07 Å². The fraction of sp³-hybridized carbons (Fsp3) is 0.716. The summed E-state index contributed by atoms with van der Waals surface area (Å²) in [6, 6.07) is 12.9. The molecule has 0 radical (unpaired) electrons. The van der Waals surface area contributed by atoms with Gasteiger partial charge in [-0.25, -0.2) is 0 Å². The predicted octanol–water partition coefficient (Wildman–Crippen LogP) is -8.50. The van der Waals surface area contributed by atoms with Crippen molar-refractivity contribution in [3.05, 3.63) is 88.8 Å². The number of aliphatic hydroxyl groups is 20. The van der Waals surface area contributed by atoms with E-state index in [0.717, 1.165) is 22.4 Å². The van der Waals surface area contributed by atoms with Crippen LogP contribution < -0.4 is 4.90 Å². The van der Waals surface area contributed by atoms with Gasteiger partial charge in [-0.2, -0.15) is 5.26 Å². The summed E-state index contributed by atoms with van der Waals surface area (Å²) in [5.41, 5.74) is 4.36. The number of anilines is 1. The minimum Gasteiger partial charge on any atom is -0.394 e. The average molecular weight is 1470 g/mol. The molecule has 21 saturated heterocycles. The first-order chi connectivity index (χ1) is 49.0. The molecule has 23 heterocycles. The first-order valence-corrected chi connectivity index (χ1v) is 33.9. The third kappa shape index (κ3) is 15.0. The van der Waals surface area contributed by atoms with E-state index in [-0.39, 0.29) is 22.8 Å². The zero-order valence-electron chi connectivity index (χ0n) is 56.1. The Kier molecular flexibility index (Phi) is 24.0. The summed E-state index contributed by atoms with van der Waals surface area (Å²) in [5.74, 6) is 0. The van der Waals surface area contributed by atoms with Crippen LogP contribution in [0, 0.1) is 11.3 Å². The van der Waals surface area contributed by atoms with E-state index in [1.54, 1.807) is 30.3 Å². The van der Waals surface area contributed by atoms with Gasteiger partial charge in [-0.15, -0.1) is 0 Å². The van der Waals surface area contributed by atoms with E-state index < -0.39 is 255 Å². The fourth-order valence-corrected chi connectivity index (χ4v) is 14.7. The molecular weight excluding hydrogens is 1380 g/mol. The summed E-state index contributed by atoms with van der Waals surface area (Å²) >= 11 is 0. The first-order valence-electron chi connectivity index (χ1n) is 33.9. The molecule has 23 aliphatic heterocycles. The summed E-state index contributed by atoms with van der Waals surface area (Å²) in [7, 11) is 0. The number of benzene rings is 2. The van der Waals surface area contributed by atoms with E-state index in [2.05, 4.69) is 50.8 Å². The highest BCUT2D eigenvalue weighted by molar-refractivity contribution is 5.91. The smallest absolute Gasteiger partial charge is 0.187 e. The molecule has 2 aromatic rings. The molecule has 0 aliphatic carbocycles. The molecule has 25 rings (SSSR count). The second kappa shape index (κ2) is 31.7. The molecule has 0 spiro atoms. The van der Waals surface area contributed by atoms with Crippen LogP contribution in [0.5, 0.6) is 0 Å². The number of rotatable bonds is 10. The monoisotopic (exact) mass is 1470 g/mol. The highest BCUT2D eigenvalue weighted by Gasteiger charge is 2.60. The topological polar surface area (TPSA) is 561 Å². The molecule has 0 amide bonds. The molecule has 14 bridgehead atoms. The zero-order valence-corrected chi connectivity index (χ0v) is 56.1. The SMILES string of the molecule is CC1(C)C=CN2C=CC(C)(C)c3cc(C=C(C#N)c4ccc(CC5OC6OC7C(CO)OC(OC8C(CO)OC(OC9C(CO)OC(OC%10C(CO)OC(OC%11C(CO)OC(OC%12C(CO)OC(OC5C(O)C6O)C(O)C%12O)C(O)C%11O)C(O)C%10O)C(O)C9O)C(O)C8O)C(O)C7O)cc4)cc1c32. The summed E-state index contributed by atoms with van der Waals surface area (Å²) in [5, 5.41) is 238. The number of ether oxygens (including phenoxy) is 14. The van der Waals surface area contributed by atoms with E-state index in [4.69, 9.17) is 66.3 Å². The number of aliphatic hydroxyl groups excluding tert-OH is 20. The Hall–Kier alpha value is -4.41. The third-order valence-corrected chi connectivity index (χ3v) is 20.8. The van der Waals surface area contributed by atoms with Gasteiger partial charge < -0.3 is 173 Å². The Morgan fingerprint density at radius 3 is 0.854 bits per heavy atom. The van der Waals surface area contributed by atoms with E-state index >= 15 is 0 Å². The minimum absolute atomic E-state index is 0.277. The van der Waals surface area contributed by atoms with Crippen LogP contribution in [0.25, 0.3) is 11.6 Å². The Morgan fingerprint density at radius 2 is 0.612 bits per heavy atom. The Bertz CT molecular complexity index is 3280. The Balaban J connectivity index is 0.848. The van der Waals surface area contributed by atoms with Crippen molar-refractivity contribution in [2.24, 2.45) is 0 Å². The summed E-state index contributed by atoms with van der Waals surface area (Å²) < 4.78 is 82.7. The van der Waals surface area contributed by atoms with E-state index in [9.17, 15) is 107 Å². The van der Waals surface area contributed by atoms with E-state index in [0.29, 0.717) is 11.1 Å². The van der Waals surface area contributed by atoms with Crippen molar-refractivity contribution < 1.29 is 168 Å². The Labute approximate surface area is 588 Å². The van der Waals surface area contributed by atoms with Crippen molar-refractivity contribution in [1.29, 1.82) is 5.26 Å². The van der Waals surface area contributed by atoms with Crippen LogP contribution in [0.3, 0.4) is 0 Å². The van der Waals surface area contributed by atoms with Crippen LogP contribution in [0.1, 0.15) is 55.5 Å². The van der Waals surface area contributed by atoms with Crippen molar-refractivity contribution in [2.45, 2.75) is 260 Å². The molecule has 103 heavy (non-hydrogen) atoms. The maximum absolute atomic E-state index is 12.2. The van der Waals surface area contributed by atoms with Gasteiger partial charge in [0.15, 0.2) is 44.0 Å². The normalized spacial score (nSPS) is 46.4. The number of hydrogen-bond acceptors (Lipinski definition) is 36. The van der Waals surface area contributed by atoms with Gasteiger partial charge in [-0.05, 0) is 46.0 Å². The lowest BCUT2D eigenvalue weighted by molar-refractivity contribution is -0.396. The summed E-state index contributed by atoms with van der Waals surface area (Å²) in [4.78, 5) is 2.07. The molecule has 35 unspecified atom stereocenters. The van der Waals surface area contributed by atoms with Crippen molar-refractivity contribution in [2.75, 3.05) is 44.5 Å². The molecule has 574 valence electrons. The molecule has 0 aromatic heterocycles. The maximum Gasteiger partial charge on any atom is 0.187 e. The third-order valence-electron chi connectivity index (χ3n) is 20.8. The van der Waals surface area contributed by atoms with Crippen LogP contribution in [0.2, 0.25) is 0 Å². The number of hydrogen-bond donors (Lipinski definition) is 20. The lowest BCUT2D eigenvalue weighted by atomic mass is 9.73. The lowest BCUT2D eigenvalue weighted by Gasteiger charge is -2.50. The quantitative estimate of drug-likeness (QED) is 0.0776.